The van der Waals surface area contributed by atoms with E-state index in [1.165, 1.54) is 0 Å². The molecule has 1 aliphatic rings. The quantitative estimate of drug-likeness (QED) is 0.929. The molecule has 0 heterocycles. The van der Waals surface area contributed by atoms with Crippen LogP contribution in [0.15, 0.2) is 54.6 Å². The second-order valence-corrected chi connectivity index (χ2v) is 4.69. The topological polar surface area (TPSA) is 38.7 Å². The minimum atomic E-state index is -0.654. The lowest BCUT2D eigenvalue weighted by Crippen LogP contribution is -2.25. The summed E-state index contributed by atoms with van der Waals surface area (Å²) < 4.78 is 10.9. The predicted octanol–water partition coefficient (Wildman–Crippen LogP) is 3.20. The van der Waals surface area contributed by atoms with E-state index in [1.54, 1.807) is 7.11 Å². The summed E-state index contributed by atoms with van der Waals surface area (Å²) in [6.07, 6.45) is 2.84. The van der Waals surface area contributed by atoms with E-state index in [-0.39, 0.29) is 6.10 Å². The van der Waals surface area contributed by atoms with Crippen molar-refractivity contribution in [3.05, 3.63) is 65.7 Å². The standard InChI is InChI=1S/C17H16O3/c1-19-13-7-9-14(10-8-13)20-16-11-6-12-4-2-3-5-15(12)17(16)18/h2-11,16-18H,1H3/t16-,17?/m0/s1. The number of benzene rings is 2. The normalized spacial score (nSPS) is 20.3. The maximum absolute atomic E-state index is 10.4. The van der Waals surface area contributed by atoms with Crippen LogP contribution < -0.4 is 9.47 Å². The van der Waals surface area contributed by atoms with E-state index >= 15 is 0 Å². The maximum atomic E-state index is 10.4. The Morgan fingerprint density at radius 3 is 2.40 bits per heavy atom. The number of rotatable bonds is 3. The molecule has 1 unspecified atom stereocenters. The van der Waals surface area contributed by atoms with Gasteiger partial charge in [-0.05, 0) is 41.5 Å². The minimum Gasteiger partial charge on any atom is -0.497 e. The number of aliphatic hydroxyl groups is 1. The van der Waals surface area contributed by atoms with Crippen LogP contribution >= 0.6 is 0 Å². The zero-order valence-corrected chi connectivity index (χ0v) is 11.2. The van der Waals surface area contributed by atoms with E-state index < -0.39 is 6.10 Å². The van der Waals surface area contributed by atoms with Crippen molar-refractivity contribution in [2.75, 3.05) is 7.11 Å². The summed E-state index contributed by atoms with van der Waals surface area (Å²) in [5.41, 5.74) is 1.93. The lowest BCUT2D eigenvalue weighted by atomic mass is 9.93. The first-order chi connectivity index (χ1) is 9.78. The SMILES string of the molecule is COc1ccc(O[C@H]2C=Cc3ccccc3C2O)cc1. The van der Waals surface area contributed by atoms with E-state index in [9.17, 15) is 5.11 Å². The van der Waals surface area contributed by atoms with Gasteiger partial charge in [-0.2, -0.15) is 0 Å². The van der Waals surface area contributed by atoms with E-state index in [1.807, 2.05) is 60.7 Å². The molecule has 3 heteroatoms. The van der Waals surface area contributed by atoms with Gasteiger partial charge < -0.3 is 14.6 Å². The largest absolute Gasteiger partial charge is 0.497 e. The van der Waals surface area contributed by atoms with Crippen LogP contribution in [0.3, 0.4) is 0 Å². The first kappa shape index (κ1) is 12.8. The van der Waals surface area contributed by atoms with Gasteiger partial charge >= 0.3 is 0 Å². The van der Waals surface area contributed by atoms with E-state index in [4.69, 9.17) is 9.47 Å². The molecule has 2 aromatic carbocycles. The van der Waals surface area contributed by atoms with Gasteiger partial charge in [0.05, 0.1) is 7.11 Å². The zero-order valence-electron chi connectivity index (χ0n) is 11.2. The maximum Gasteiger partial charge on any atom is 0.147 e. The van der Waals surface area contributed by atoms with Gasteiger partial charge in [-0.25, -0.2) is 0 Å². The van der Waals surface area contributed by atoms with Crippen molar-refractivity contribution in [3.63, 3.8) is 0 Å². The van der Waals surface area contributed by atoms with E-state index in [0.717, 1.165) is 16.9 Å². The van der Waals surface area contributed by atoms with Crippen molar-refractivity contribution in [3.8, 4) is 11.5 Å². The van der Waals surface area contributed by atoms with Crippen molar-refractivity contribution >= 4 is 6.08 Å². The molecule has 0 radical (unpaired) electrons. The van der Waals surface area contributed by atoms with Gasteiger partial charge in [-0.3, -0.25) is 0 Å². The predicted molar refractivity (Wildman–Crippen MR) is 77.8 cm³/mol. The lowest BCUT2D eigenvalue weighted by molar-refractivity contribution is 0.0623. The van der Waals surface area contributed by atoms with Crippen LogP contribution in [0.25, 0.3) is 6.08 Å². The molecule has 3 nitrogen and oxygen atoms in total. The Bertz CT molecular complexity index is 616. The third kappa shape index (κ3) is 2.40. The van der Waals surface area contributed by atoms with Crippen LogP contribution in [0.1, 0.15) is 17.2 Å². The van der Waals surface area contributed by atoms with Crippen LogP contribution in [0, 0.1) is 0 Å². The molecular weight excluding hydrogens is 252 g/mol. The minimum absolute atomic E-state index is 0.377. The number of hydrogen-bond acceptors (Lipinski definition) is 3. The molecule has 102 valence electrons. The fourth-order valence-corrected chi connectivity index (χ4v) is 2.33. The lowest BCUT2D eigenvalue weighted by Gasteiger charge is -2.26. The number of aliphatic hydroxyl groups excluding tert-OH is 1. The second-order valence-electron chi connectivity index (χ2n) is 4.69. The molecule has 0 aliphatic heterocycles. The first-order valence-corrected chi connectivity index (χ1v) is 6.54. The van der Waals surface area contributed by atoms with Crippen LogP contribution in [0.2, 0.25) is 0 Å². The molecule has 1 N–H and O–H groups in total. The van der Waals surface area contributed by atoms with Crippen LogP contribution in [-0.2, 0) is 0 Å². The summed E-state index contributed by atoms with van der Waals surface area (Å²) >= 11 is 0. The van der Waals surface area contributed by atoms with Crippen LogP contribution in [-0.4, -0.2) is 18.3 Å². The zero-order chi connectivity index (χ0) is 13.9. The van der Waals surface area contributed by atoms with Gasteiger partial charge in [0.1, 0.15) is 23.7 Å². The molecule has 0 bridgehead atoms. The Morgan fingerprint density at radius 1 is 0.950 bits per heavy atom. The van der Waals surface area contributed by atoms with Gasteiger partial charge in [-0.1, -0.05) is 30.3 Å². The summed E-state index contributed by atoms with van der Waals surface area (Å²) in [6, 6.07) is 15.1. The Kier molecular flexibility index (Phi) is 3.44. The highest BCUT2D eigenvalue weighted by Gasteiger charge is 2.25. The van der Waals surface area contributed by atoms with Crippen molar-refractivity contribution in [2.24, 2.45) is 0 Å². The summed E-state index contributed by atoms with van der Waals surface area (Å²) in [7, 11) is 1.63. The van der Waals surface area contributed by atoms with E-state index in [2.05, 4.69) is 0 Å². The highest BCUT2D eigenvalue weighted by atomic mass is 16.5. The summed E-state index contributed by atoms with van der Waals surface area (Å²) in [4.78, 5) is 0. The molecule has 0 spiro atoms. The Hall–Kier alpha value is -2.26. The molecular formula is C17H16O3. The second kappa shape index (κ2) is 5.39. The van der Waals surface area contributed by atoms with E-state index in [0.29, 0.717) is 5.75 Å². The molecule has 0 saturated carbocycles. The molecule has 0 fully saturated rings. The monoisotopic (exact) mass is 268 g/mol. The summed E-state index contributed by atoms with van der Waals surface area (Å²) in [5.74, 6) is 1.49. The Balaban J connectivity index is 1.79. The molecule has 2 aromatic rings. The summed E-state index contributed by atoms with van der Waals surface area (Å²) in [6.45, 7) is 0. The fraction of sp³-hybridized carbons (Fsp3) is 0.176. The van der Waals surface area contributed by atoms with Gasteiger partial charge in [0.2, 0.25) is 0 Å². The number of ether oxygens (including phenoxy) is 2. The number of hydrogen-bond donors (Lipinski definition) is 1. The van der Waals surface area contributed by atoms with Crippen molar-refractivity contribution in [2.45, 2.75) is 12.2 Å². The summed E-state index contributed by atoms with van der Waals surface area (Å²) in [5, 5.41) is 10.4. The molecule has 0 saturated heterocycles. The molecule has 1 aliphatic carbocycles. The molecule has 2 atom stereocenters. The number of fused-ring (bicyclic) bond motifs is 1. The Morgan fingerprint density at radius 2 is 1.65 bits per heavy atom. The average Bonchev–Trinajstić information content (AvgIpc) is 2.51. The van der Waals surface area contributed by atoms with Gasteiger partial charge in [0, 0.05) is 0 Å². The van der Waals surface area contributed by atoms with Gasteiger partial charge in [0.25, 0.3) is 0 Å². The average molecular weight is 268 g/mol. The van der Waals surface area contributed by atoms with Gasteiger partial charge in [0.15, 0.2) is 0 Å². The molecule has 3 rings (SSSR count). The van der Waals surface area contributed by atoms with Crippen molar-refractivity contribution in [1.82, 2.24) is 0 Å². The van der Waals surface area contributed by atoms with Crippen LogP contribution in [0.4, 0.5) is 0 Å². The third-order valence-electron chi connectivity index (χ3n) is 3.42. The van der Waals surface area contributed by atoms with Crippen molar-refractivity contribution in [1.29, 1.82) is 0 Å². The highest BCUT2D eigenvalue weighted by molar-refractivity contribution is 5.58. The van der Waals surface area contributed by atoms with Gasteiger partial charge in [-0.15, -0.1) is 0 Å². The molecule has 20 heavy (non-hydrogen) atoms. The molecule has 0 amide bonds. The first-order valence-electron chi connectivity index (χ1n) is 6.54. The van der Waals surface area contributed by atoms with Crippen LogP contribution in [0.5, 0.6) is 11.5 Å². The highest BCUT2D eigenvalue weighted by Crippen LogP contribution is 2.30. The van der Waals surface area contributed by atoms with Crippen molar-refractivity contribution < 1.29 is 14.6 Å². The fourth-order valence-electron chi connectivity index (χ4n) is 2.33. The molecule has 0 aromatic heterocycles. The smallest absolute Gasteiger partial charge is 0.147 e. The Labute approximate surface area is 118 Å². The number of methoxy groups -OCH3 is 1. The third-order valence-corrected chi connectivity index (χ3v) is 3.42.